The number of aromatic nitrogens is 2. The first-order valence-electron chi connectivity index (χ1n) is 3.90. The maximum atomic E-state index is 11.1. The van der Waals surface area contributed by atoms with Crippen molar-refractivity contribution in [1.82, 2.24) is 14.9 Å². The van der Waals surface area contributed by atoms with Crippen molar-refractivity contribution in [1.29, 1.82) is 0 Å². The number of nitrogens with one attached hydrogen (secondary N) is 2. The quantitative estimate of drug-likeness (QED) is 0.643. The number of urea groups is 1. The summed E-state index contributed by atoms with van der Waals surface area (Å²) in [6.45, 7) is 0.143. The van der Waals surface area contributed by atoms with Gasteiger partial charge in [-0.2, -0.15) is 0 Å². The number of nitrogens with zero attached hydrogens (tertiary/aromatic N) is 2. The Balaban J connectivity index is 2.22. The Morgan fingerprint density at radius 2 is 2.40 bits per heavy atom. The van der Waals surface area contributed by atoms with Gasteiger partial charge in [-0.3, -0.25) is 5.32 Å². The molecule has 0 spiro atoms. The number of carboxylic acid groups (broad SMARTS) is 1. The fraction of sp³-hybridized carbons (Fsp3) is 0.143. The molecule has 1 aromatic heterocycles. The van der Waals surface area contributed by atoms with Gasteiger partial charge in [-0.1, -0.05) is 10.6 Å². The highest BCUT2D eigenvalue weighted by molar-refractivity contribution is 7.10. The summed E-state index contributed by atoms with van der Waals surface area (Å²) in [6, 6.07) is -0.434. The van der Waals surface area contributed by atoms with Gasteiger partial charge in [0, 0.05) is 24.2 Å². The molecule has 0 aromatic carbocycles. The van der Waals surface area contributed by atoms with Crippen molar-refractivity contribution in [2.75, 3.05) is 11.9 Å². The Kier molecular flexibility index (Phi) is 4.23. The number of carboxylic acids is 1. The Bertz CT molecular complexity index is 362. The van der Waals surface area contributed by atoms with Crippen LogP contribution in [0.4, 0.5) is 9.80 Å². The molecular formula is C7H8N4O3S. The highest BCUT2D eigenvalue weighted by Gasteiger charge is 2.00. The summed E-state index contributed by atoms with van der Waals surface area (Å²) in [5.41, 5.74) is 0. The van der Waals surface area contributed by atoms with Crippen molar-refractivity contribution < 1.29 is 14.7 Å². The minimum absolute atomic E-state index is 0.143. The zero-order valence-corrected chi connectivity index (χ0v) is 8.32. The molecule has 2 amide bonds. The van der Waals surface area contributed by atoms with E-state index in [0.717, 1.165) is 17.6 Å². The number of hydrogen-bond acceptors (Lipinski definition) is 5. The van der Waals surface area contributed by atoms with Crippen LogP contribution in [0.2, 0.25) is 0 Å². The standard InChI is InChI=1S/C7H8N4O3S/c12-6(13)2-1-3-8-7(14)10-5-4-9-11-15-5/h1-2,4H,3H2,(H,12,13)(H2,8,10,14)/b2-1+. The fourth-order valence-electron chi connectivity index (χ4n) is 0.690. The Hall–Kier alpha value is -1.96. The van der Waals surface area contributed by atoms with Crippen molar-refractivity contribution in [3.8, 4) is 0 Å². The topological polar surface area (TPSA) is 104 Å². The number of hydrogen-bond donors (Lipinski definition) is 3. The van der Waals surface area contributed by atoms with Crippen LogP contribution in [0.15, 0.2) is 18.3 Å². The van der Waals surface area contributed by atoms with Crippen molar-refractivity contribution in [3.63, 3.8) is 0 Å². The third-order valence-electron chi connectivity index (χ3n) is 1.24. The summed E-state index contributed by atoms with van der Waals surface area (Å²) < 4.78 is 3.55. The van der Waals surface area contributed by atoms with Crippen LogP contribution in [0.25, 0.3) is 0 Å². The minimum atomic E-state index is -1.05. The number of amides is 2. The molecule has 0 saturated heterocycles. The summed E-state index contributed by atoms with van der Waals surface area (Å²) in [7, 11) is 0. The molecule has 15 heavy (non-hydrogen) atoms. The molecule has 0 aliphatic heterocycles. The second-order valence-electron chi connectivity index (χ2n) is 2.36. The lowest BCUT2D eigenvalue weighted by Gasteiger charge is -2.01. The number of carbonyl (C=O) groups is 2. The van der Waals surface area contributed by atoms with Crippen LogP contribution in [0.1, 0.15) is 0 Å². The maximum absolute atomic E-state index is 11.1. The van der Waals surface area contributed by atoms with Gasteiger partial charge in [0.05, 0.1) is 6.20 Å². The van der Waals surface area contributed by atoms with Crippen molar-refractivity contribution >= 4 is 28.5 Å². The Labute approximate surface area is 89.0 Å². The molecular weight excluding hydrogens is 220 g/mol. The Morgan fingerprint density at radius 1 is 1.60 bits per heavy atom. The van der Waals surface area contributed by atoms with Gasteiger partial charge in [-0.15, -0.1) is 5.10 Å². The third-order valence-corrected chi connectivity index (χ3v) is 1.82. The average Bonchev–Trinajstić information content (AvgIpc) is 2.64. The molecule has 80 valence electrons. The third kappa shape index (κ3) is 4.72. The summed E-state index contributed by atoms with van der Waals surface area (Å²) in [6.07, 6.45) is 3.69. The number of aliphatic carboxylic acids is 1. The van der Waals surface area contributed by atoms with Crippen LogP contribution < -0.4 is 10.6 Å². The molecule has 0 aliphatic carbocycles. The van der Waals surface area contributed by atoms with E-state index in [1.807, 2.05) is 0 Å². The van der Waals surface area contributed by atoms with E-state index in [1.54, 1.807) is 0 Å². The van der Waals surface area contributed by atoms with Crippen LogP contribution >= 0.6 is 11.5 Å². The lowest BCUT2D eigenvalue weighted by atomic mass is 10.5. The predicted octanol–water partition coefficient (Wildman–Crippen LogP) is 0.300. The molecule has 7 nitrogen and oxygen atoms in total. The normalized spacial score (nSPS) is 10.1. The number of rotatable bonds is 4. The molecule has 3 N–H and O–H groups in total. The fourth-order valence-corrected chi connectivity index (χ4v) is 1.10. The smallest absolute Gasteiger partial charge is 0.328 e. The van der Waals surface area contributed by atoms with Crippen molar-refractivity contribution in [2.24, 2.45) is 0 Å². The molecule has 0 unspecified atom stereocenters. The molecule has 1 heterocycles. The Morgan fingerprint density at radius 3 is 3.00 bits per heavy atom. The highest BCUT2D eigenvalue weighted by atomic mass is 32.1. The molecule has 0 aliphatic rings. The van der Waals surface area contributed by atoms with Crippen LogP contribution in [0.3, 0.4) is 0 Å². The molecule has 0 bridgehead atoms. The summed E-state index contributed by atoms with van der Waals surface area (Å²) >= 11 is 1.05. The van der Waals surface area contributed by atoms with Crippen LogP contribution in [0.5, 0.6) is 0 Å². The molecule has 0 fully saturated rings. The van der Waals surface area contributed by atoms with Crippen molar-refractivity contribution in [3.05, 3.63) is 18.3 Å². The maximum Gasteiger partial charge on any atom is 0.328 e. The second-order valence-corrected chi connectivity index (χ2v) is 3.14. The van der Waals surface area contributed by atoms with E-state index in [4.69, 9.17) is 5.11 Å². The van der Waals surface area contributed by atoms with Crippen LogP contribution in [-0.2, 0) is 4.79 Å². The summed E-state index contributed by atoms with van der Waals surface area (Å²) in [5.74, 6) is -1.05. The largest absolute Gasteiger partial charge is 0.478 e. The van der Waals surface area contributed by atoms with Gasteiger partial charge in [0.2, 0.25) is 0 Å². The van der Waals surface area contributed by atoms with Gasteiger partial charge in [-0.05, 0) is 0 Å². The monoisotopic (exact) mass is 228 g/mol. The van der Waals surface area contributed by atoms with E-state index in [1.165, 1.54) is 12.3 Å². The molecule has 0 saturated carbocycles. The van der Waals surface area contributed by atoms with Gasteiger partial charge in [-0.25, -0.2) is 9.59 Å². The van der Waals surface area contributed by atoms with E-state index in [-0.39, 0.29) is 6.54 Å². The molecule has 1 rings (SSSR count). The van der Waals surface area contributed by atoms with E-state index in [0.29, 0.717) is 5.00 Å². The molecule has 8 heteroatoms. The predicted molar refractivity (Wildman–Crippen MR) is 53.7 cm³/mol. The number of anilines is 1. The first-order chi connectivity index (χ1) is 7.18. The zero-order chi connectivity index (χ0) is 11.1. The minimum Gasteiger partial charge on any atom is -0.478 e. The first kappa shape index (κ1) is 11.1. The van der Waals surface area contributed by atoms with E-state index in [2.05, 4.69) is 20.2 Å². The SMILES string of the molecule is O=C(O)/C=C/CNC(=O)Nc1cnns1. The molecule has 1 aromatic rings. The lowest BCUT2D eigenvalue weighted by Crippen LogP contribution is -2.28. The zero-order valence-electron chi connectivity index (χ0n) is 7.51. The van der Waals surface area contributed by atoms with Gasteiger partial charge in [0.1, 0.15) is 5.00 Å². The summed E-state index contributed by atoms with van der Waals surface area (Å²) in [5, 5.41) is 17.2. The summed E-state index contributed by atoms with van der Waals surface area (Å²) in [4.78, 5) is 21.2. The number of carbonyl (C=O) groups excluding carboxylic acids is 1. The van der Waals surface area contributed by atoms with Gasteiger partial charge in [0.25, 0.3) is 0 Å². The highest BCUT2D eigenvalue weighted by Crippen LogP contribution is 2.07. The van der Waals surface area contributed by atoms with Gasteiger partial charge >= 0.3 is 12.0 Å². The molecule has 0 radical (unpaired) electrons. The van der Waals surface area contributed by atoms with Gasteiger partial charge < -0.3 is 10.4 Å². The first-order valence-corrected chi connectivity index (χ1v) is 4.67. The van der Waals surface area contributed by atoms with E-state index < -0.39 is 12.0 Å². The lowest BCUT2D eigenvalue weighted by molar-refractivity contribution is -0.131. The van der Waals surface area contributed by atoms with Crippen LogP contribution in [-0.4, -0.2) is 33.2 Å². The van der Waals surface area contributed by atoms with Crippen LogP contribution in [0, 0.1) is 0 Å². The van der Waals surface area contributed by atoms with Gasteiger partial charge in [0.15, 0.2) is 0 Å². The second kappa shape index (κ2) is 5.70. The van der Waals surface area contributed by atoms with Crippen molar-refractivity contribution in [2.45, 2.75) is 0 Å². The average molecular weight is 228 g/mol. The van der Waals surface area contributed by atoms with E-state index in [9.17, 15) is 9.59 Å². The van der Waals surface area contributed by atoms with E-state index >= 15 is 0 Å². The molecule has 0 atom stereocenters.